The van der Waals surface area contributed by atoms with Crippen LogP contribution in [-0.2, 0) is 9.53 Å². The monoisotopic (exact) mass is 238 g/mol. The van der Waals surface area contributed by atoms with E-state index in [1.165, 1.54) is 32.1 Å². The highest BCUT2D eigenvalue weighted by atomic mass is 16.5. The van der Waals surface area contributed by atoms with E-state index >= 15 is 0 Å². The van der Waals surface area contributed by atoms with Crippen LogP contribution in [0.15, 0.2) is 24.3 Å². The molecule has 17 heavy (non-hydrogen) atoms. The Balaban J connectivity index is 2.33. The molecular formula is C14H22O3. The van der Waals surface area contributed by atoms with Gasteiger partial charge < -0.3 is 9.84 Å². The summed E-state index contributed by atoms with van der Waals surface area (Å²) in [7, 11) is 1.76. The number of carboxylic acids is 1. The van der Waals surface area contributed by atoms with Gasteiger partial charge in [0.05, 0.1) is 6.10 Å². The van der Waals surface area contributed by atoms with Gasteiger partial charge in [0.25, 0.3) is 0 Å². The van der Waals surface area contributed by atoms with Crippen molar-refractivity contribution in [3.63, 3.8) is 0 Å². The molecule has 0 aromatic rings. The molecule has 0 heterocycles. The van der Waals surface area contributed by atoms with Crippen LogP contribution < -0.4 is 0 Å². The van der Waals surface area contributed by atoms with E-state index in [4.69, 9.17) is 9.84 Å². The largest absolute Gasteiger partial charge is 0.478 e. The van der Waals surface area contributed by atoms with Crippen LogP contribution in [0.5, 0.6) is 0 Å². The van der Waals surface area contributed by atoms with Crippen LogP contribution in [0, 0.1) is 5.92 Å². The van der Waals surface area contributed by atoms with E-state index in [1.807, 2.05) is 6.08 Å². The van der Waals surface area contributed by atoms with E-state index in [0.717, 1.165) is 12.5 Å². The number of carboxylic acid groups (broad SMARTS) is 1. The lowest BCUT2D eigenvalue weighted by atomic mass is 9.84. The van der Waals surface area contributed by atoms with Crippen molar-refractivity contribution in [1.29, 1.82) is 0 Å². The second-order valence-corrected chi connectivity index (χ2v) is 4.53. The number of carbonyl (C=O) groups is 1. The summed E-state index contributed by atoms with van der Waals surface area (Å²) in [6, 6.07) is 0. The lowest BCUT2D eigenvalue weighted by Crippen LogP contribution is -2.24. The Hall–Kier alpha value is -1.09. The molecule has 1 fully saturated rings. The predicted molar refractivity (Wildman–Crippen MR) is 67.9 cm³/mol. The lowest BCUT2D eigenvalue weighted by Gasteiger charge is -2.28. The van der Waals surface area contributed by atoms with Crippen LogP contribution >= 0.6 is 0 Å². The van der Waals surface area contributed by atoms with E-state index in [1.54, 1.807) is 19.3 Å². The fourth-order valence-electron chi connectivity index (χ4n) is 2.42. The Morgan fingerprint density at radius 1 is 1.35 bits per heavy atom. The first-order valence-electron chi connectivity index (χ1n) is 6.33. The second kappa shape index (κ2) is 8.07. The number of rotatable bonds is 6. The van der Waals surface area contributed by atoms with Crippen molar-refractivity contribution in [2.45, 2.75) is 44.6 Å². The van der Waals surface area contributed by atoms with Gasteiger partial charge in [-0.05, 0) is 25.2 Å². The normalized spacial score (nSPS) is 20.1. The van der Waals surface area contributed by atoms with Crippen molar-refractivity contribution < 1.29 is 14.6 Å². The minimum atomic E-state index is -0.912. The number of ether oxygens (including phenoxy) is 1. The molecule has 1 aliphatic rings. The summed E-state index contributed by atoms with van der Waals surface area (Å²) in [5, 5.41) is 8.43. The first-order valence-corrected chi connectivity index (χ1v) is 6.33. The topological polar surface area (TPSA) is 46.5 Å². The van der Waals surface area contributed by atoms with Crippen LogP contribution in [0.4, 0.5) is 0 Å². The van der Waals surface area contributed by atoms with E-state index < -0.39 is 5.97 Å². The molecular weight excluding hydrogens is 216 g/mol. The van der Waals surface area contributed by atoms with Crippen LogP contribution in [0.25, 0.3) is 0 Å². The van der Waals surface area contributed by atoms with Crippen LogP contribution in [0.2, 0.25) is 0 Å². The maximum Gasteiger partial charge on any atom is 0.328 e. The molecule has 1 atom stereocenters. The number of hydrogen-bond donors (Lipinski definition) is 1. The van der Waals surface area contributed by atoms with Crippen molar-refractivity contribution in [1.82, 2.24) is 0 Å². The molecule has 1 rings (SSSR count). The minimum Gasteiger partial charge on any atom is -0.478 e. The molecule has 0 bridgehead atoms. The summed E-state index contributed by atoms with van der Waals surface area (Å²) in [6.07, 6.45) is 14.1. The van der Waals surface area contributed by atoms with Gasteiger partial charge >= 0.3 is 5.97 Å². The molecule has 0 aromatic heterocycles. The maximum atomic E-state index is 10.3. The van der Waals surface area contributed by atoms with Gasteiger partial charge in [-0.3, -0.25) is 0 Å². The third-order valence-electron chi connectivity index (χ3n) is 3.33. The summed E-state index contributed by atoms with van der Waals surface area (Å²) < 4.78 is 5.53. The van der Waals surface area contributed by atoms with E-state index in [0.29, 0.717) is 5.92 Å². The van der Waals surface area contributed by atoms with Crippen molar-refractivity contribution in [3.05, 3.63) is 24.3 Å². The van der Waals surface area contributed by atoms with E-state index in [9.17, 15) is 4.79 Å². The van der Waals surface area contributed by atoms with Gasteiger partial charge in [-0.1, -0.05) is 37.5 Å². The molecule has 0 amide bonds. The minimum absolute atomic E-state index is 0.282. The quantitative estimate of drug-likeness (QED) is 0.571. The highest BCUT2D eigenvalue weighted by Gasteiger charge is 2.21. The summed E-state index contributed by atoms with van der Waals surface area (Å²) >= 11 is 0. The predicted octanol–water partition coefficient (Wildman–Crippen LogP) is 3.17. The van der Waals surface area contributed by atoms with Crippen molar-refractivity contribution in [2.75, 3.05) is 7.11 Å². The lowest BCUT2D eigenvalue weighted by molar-refractivity contribution is -0.131. The highest BCUT2D eigenvalue weighted by molar-refractivity contribution is 5.80. The Kier molecular flexibility index (Phi) is 6.63. The third-order valence-corrected chi connectivity index (χ3v) is 3.33. The van der Waals surface area contributed by atoms with Gasteiger partial charge in [0.15, 0.2) is 0 Å². The summed E-state index contributed by atoms with van der Waals surface area (Å²) in [5.74, 6) is -0.243. The fraction of sp³-hybridized carbons (Fsp3) is 0.643. The standard InChI is InChI=1S/C14H22O3/c1-17-13(12-8-4-2-5-9-12)10-6-3-7-11-14(15)16/h3,6-7,11-13H,2,4-5,8-10H2,1H3,(H,15,16)/b6-3+,11-7+. The van der Waals surface area contributed by atoms with Crippen molar-refractivity contribution >= 4 is 5.97 Å². The average Bonchev–Trinajstić information content (AvgIpc) is 2.34. The Morgan fingerprint density at radius 3 is 2.65 bits per heavy atom. The fourth-order valence-corrected chi connectivity index (χ4v) is 2.42. The second-order valence-electron chi connectivity index (χ2n) is 4.53. The summed E-state index contributed by atoms with van der Waals surface area (Å²) in [5.41, 5.74) is 0. The smallest absolute Gasteiger partial charge is 0.328 e. The van der Waals surface area contributed by atoms with Crippen molar-refractivity contribution in [3.8, 4) is 0 Å². The molecule has 0 saturated heterocycles. The van der Waals surface area contributed by atoms with Gasteiger partial charge in [-0.25, -0.2) is 4.79 Å². The Labute approximate surface area is 103 Å². The van der Waals surface area contributed by atoms with E-state index in [2.05, 4.69) is 0 Å². The summed E-state index contributed by atoms with van der Waals surface area (Å²) in [6.45, 7) is 0. The molecule has 1 N–H and O–H groups in total. The molecule has 1 aliphatic carbocycles. The first-order chi connectivity index (χ1) is 8.24. The van der Waals surface area contributed by atoms with Gasteiger partial charge in [0.2, 0.25) is 0 Å². The Bertz CT molecular complexity index is 275. The number of allylic oxidation sites excluding steroid dienone is 2. The van der Waals surface area contributed by atoms with Crippen LogP contribution in [-0.4, -0.2) is 24.3 Å². The molecule has 1 saturated carbocycles. The number of hydrogen-bond acceptors (Lipinski definition) is 2. The van der Waals surface area contributed by atoms with Gasteiger partial charge in [0, 0.05) is 13.2 Å². The molecule has 3 heteroatoms. The molecule has 96 valence electrons. The highest BCUT2D eigenvalue weighted by Crippen LogP contribution is 2.29. The molecule has 0 aliphatic heterocycles. The molecule has 0 radical (unpaired) electrons. The van der Waals surface area contributed by atoms with Gasteiger partial charge in [-0.2, -0.15) is 0 Å². The number of aliphatic carboxylic acids is 1. The SMILES string of the molecule is COC(C/C=C/C=C/C(=O)O)C1CCCCC1. The van der Waals surface area contributed by atoms with Crippen LogP contribution in [0.3, 0.4) is 0 Å². The van der Waals surface area contributed by atoms with E-state index in [-0.39, 0.29) is 6.10 Å². The zero-order valence-corrected chi connectivity index (χ0v) is 10.5. The first kappa shape index (κ1) is 14.0. The average molecular weight is 238 g/mol. The zero-order chi connectivity index (χ0) is 12.5. The zero-order valence-electron chi connectivity index (χ0n) is 10.5. The molecule has 0 spiro atoms. The number of methoxy groups -OCH3 is 1. The maximum absolute atomic E-state index is 10.3. The molecule has 3 nitrogen and oxygen atoms in total. The van der Waals surface area contributed by atoms with Gasteiger partial charge in [0.1, 0.15) is 0 Å². The van der Waals surface area contributed by atoms with Gasteiger partial charge in [-0.15, -0.1) is 0 Å². The van der Waals surface area contributed by atoms with Crippen molar-refractivity contribution in [2.24, 2.45) is 5.92 Å². The Morgan fingerprint density at radius 2 is 2.06 bits per heavy atom. The third kappa shape index (κ3) is 5.68. The van der Waals surface area contributed by atoms with Crippen LogP contribution in [0.1, 0.15) is 38.5 Å². The molecule has 1 unspecified atom stereocenters. The summed E-state index contributed by atoms with van der Waals surface area (Å²) in [4.78, 5) is 10.3. The molecule has 0 aromatic carbocycles.